The van der Waals surface area contributed by atoms with Crippen LogP contribution < -0.4 is 5.43 Å². The fourth-order valence-electron chi connectivity index (χ4n) is 2.05. The van der Waals surface area contributed by atoms with E-state index in [1.165, 1.54) is 19.4 Å². The molecule has 6 nitrogen and oxygen atoms in total. The fraction of sp³-hybridized carbons (Fsp3) is 0.118. The second-order valence-corrected chi connectivity index (χ2v) is 4.65. The molecule has 0 aromatic heterocycles. The minimum Gasteiger partial charge on any atom is -0.478 e. The minimum absolute atomic E-state index is 0.108. The zero-order valence-corrected chi connectivity index (χ0v) is 12.5. The summed E-state index contributed by atoms with van der Waals surface area (Å²) in [4.78, 5) is 23.2. The molecule has 0 aliphatic carbocycles. The molecule has 0 spiro atoms. The summed E-state index contributed by atoms with van der Waals surface area (Å²) in [6.07, 6.45) is 0.502. The Kier molecular flexibility index (Phi) is 5.60. The van der Waals surface area contributed by atoms with Gasteiger partial charge in [-0.15, -0.1) is 0 Å². The highest BCUT2D eigenvalue weighted by Crippen LogP contribution is 2.16. The lowest BCUT2D eigenvalue weighted by atomic mass is 10.1. The summed E-state index contributed by atoms with van der Waals surface area (Å²) in [5.41, 5.74) is 3.57. The van der Waals surface area contributed by atoms with E-state index in [-0.39, 0.29) is 5.56 Å². The molecule has 2 rings (SSSR count). The second kappa shape index (κ2) is 7.86. The summed E-state index contributed by atoms with van der Waals surface area (Å²) in [6.45, 7) is 0. The monoisotopic (exact) mass is 312 g/mol. The number of ether oxygens (including phenoxy) is 1. The molecule has 0 saturated carbocycles. The van der Waals surface area contributed by atoms with Gasteiger partial charge in [0.05, 0.1) is 11.8 Å². The van der Waals surface area contributed by atoms with Gasteiger partial charge >= 0.3 is 5.97 Å². The van der Waals surface area contributed by atoms with Crippen LogP contribution in [0.25, 0.3) is 0 Å². The van der Waals surface area contributed by atoms with Crippen molar-refractivity contribution in [3.05, 3.63) is 71.3 Å². The van der Waals surface area contributed by atoms with Crippen LogP contribution in [0.3, 0.4) is 0 Å². The van der Waals surface area contributed by atoms with E-state index in [1.54, 1.807) is 42.5 Å². The Bertz CT molecular complexity index is 714. The number of hydrogen-bond acceptors (Lipinski definition) is 4. The third-order valence-corrected chi connectivity index (χ3v) is 3.15. The van der Waals surface area contributed by atoms with Gasteiger partial charge in [0.25, 0.3) is 5.91 Å². The molecule has 2 aromatic rings. The van der Waals surface area contributed by atoms with Crippen molar-refractivity contribution in [3.63, 3.8) is 0 Å². The highest BCUT2D eigenvalue weighted by molar-refractivity contribution is 5.98. The van der Waals surface area contributed by atoms with E-state index in [0.717, 1.165) is 0 Å². The third kappa shape index (κ3) is 4.24. The summed E-state index contributed by atoms with van der Waals surface area (Å²) in [5.74, 6) is -1.50. The van der Waals surface area contributed by atoms with Crippen molar-refractivity contribution in [2.45, 2.75) is 6.10 Å². The average molecular weight is 312 g/mol. The number of carboxylic acids is 1. The van der Waals surface area contributed by atoms with Crippen molar-refractivity contribution < 1.29 is 19.4 Å². The molecule has 2 aromatic carbocycles. The molecule has 118 valence electrons. The Morgan fingerprint density at radius 3 is 2.43 bits per heavy atom. The number of hydrogen-bond donors (Lipinski definition) is 2. The lowest BCUT2D eigenvalue weighted by Crippen LogP contribution is -2.26. The van der Waals surface area contributed by atoms with Crippen LogP contribution in [0.1, 0.15) is 27.6 Å². The van der Waals surface area contributed by atoms with Crippen LogP contribution in [-0.2, 0) is 9.53 Å². The molecule has 6 heteroatoms. The molecule has 1 amide bonds. The van der Waals surface area contributed by atoms with E-state index in [9.17, 15) is 9.59 Å². The average Bonchev–Trinajstić information content (AvgIpc) is 2.57. The van der Waals surface area contributed by atoms with Gasteiger partial charge in [-0.25, -0.2) is 10.2 Å². The number of carbonyl (C=O) groups is 2. The van der Waals surface area contributed by atoms with Crippen molar-refractivity contribution in [2.75, 3.05) is 7.11 Å². The molecular formula is C17H16N2O4. The highest BCUT2D eigenvalue weighted by Gasteiger charge is 2.19. The van der Waals surface area contributed by atoms with Gasteiger partial charge in [-0.3, -0.25) is 4.79 Å². The molecule has 0 radical (unpaired) electrons. The van der Waals surface area contributed by atoms with E-state index < -0.39 is 18.0 Å². The quantitative estimate of drug-likeness (QED) is 0.632. The number of hydrazone groups is 1. The lowest BCUT2D eigenvalue weighted by Gasteiger charge is -2.13. The number of amides is 1. The molecule has 2 N–H and O–H groups in total. The van der Waals surface area contributed by atoms with Crippen LogP contribution >= 0.6 is 0 Å². The predicted octanol–water partition coefficient (Wildman–Crippen LogP) is 2.22. The molecular weight excluding hydrogens is 296 g/mol. The molecule has 0 saturated heterocycles. The minimum atomic E-state index is -1.06. The van der Waals surface area contributed by atoms with Gasteiger partial charge in [0.1, 0.15) is 0 Å². The molecule has 0 bridgehead atoms. The summed E-state index contributed by atoms with van der Waals surface area (Å²) in [6, 6.07) is 15.4. The SMILES string of the molecule is CO[C@H](C(=O)N/N=C\c1ccccc1C(=O)O)c1ccccc1. The van der Waals surface area contributed by atoms with E-state index in [2.05, 4.69) is 10.5 Å². The molecule has 23 heavy (non-hydrogen) atoms. The summed E-state index contributed by atoms with van der Waals surface area (Å²) < 4.78 is 5.18. The maximum Gasteiger partial charge on any atom is 0.336 e. The maximum absolute atomic E-state index is 12.1. The first kappa shape index (κ1) is 16.4. The Balaban J connectivity index is 2.08. The van der Waals surface area contributed by atoms with Crippen LogP contribution in [0.15, 0.2) is 59.7 Å². The largest absolute Gasteiger partial charge is 0.478 e. The first-order valence-corrected chi connectivity index (χ1v) is 6.86. The molecule has 0 aliphatic heterocycles. The van der Waals surface area contributed by atoms with E-state index in [4.69, 9.17) is 9.84 Å². The normalized spacial score (nSPS) is 12.0. The second-order valence-electron chi connectivity index (χ2n) is 4.65. The van der Waals surface area contributed by atoms with Crippen molar-refractivity contribution in [1.29, 1.82) is 0 Å². The van der Waals surface area contributed by atoms with Crippen LogP contribution in [0.5, 0.6) is 0 Å². The van der Waals surface area contributed by atoms with Crippen molar-refractivity contribution >= 4 is 18.1 Å². The van der Waals surface area contributed by atoms with Crippen LogP contribution in [0, 0.1) is 0 Å². The van der Waals surface area contributed by atoms with Crippen LogP contribution in [0.2, 0.25) is 0 Å². The summed E-state index contributed by atoms with van der Waals surface area (Å²) in [7, 11) is 1.43. The summed E-state index contributed by atoms with van der Waals surface area (Å²) in [5, 5.41) is 12.9. The lowest BCUT2D eigenvalue weighted by molar-refractivity contribution is -0.131. The standard InChI is InChI=1S/C17H16N2O4/c1-23-15(12-7-3-2-4-8-12)16(20)19-18-11-13-9-5-6-10-14(13)17(21)22/h2-11,15H,1H3,(H,19,20)(H,21,22)/b18-11-/t15-/m0/s1. The van der Waals surface area contributed by atoms with Gasteiger partial charge in [-0.1, -0.05) is 48.5 Å². The van der Waals surface area contributed by atoms with Gasteiger partial charge in [-0.05, 0) is 11.6 Å². The Morgan fingerprint density at radius 1 is 1.13 bits per heavy atom. The fourth-order valence-corrected chi connectivity index (χ4v) is 2.05. The number of carbonyl (C=O) groups excluding carboxylic acids is 1. The van der Waals surface area contributed by atoms with Gasteiger partial charge < -0.3 is 9.84 Å². The van der Waals surface area contributed by atoms with E-state index >= 15 is 0 Å². The van der Waals surface area contributed by atoms with Gasteiger partial charge in [-0.2, -0.15) is 5.10 Å². The zero-order valence-electron chi connectivity index (χ0n) is 12.5. The van der Waals surface area contributed by atoms with Crippen molar-refractivity contribution in [3.8, 4) is 0 Å². The molecule has 0 fully saturated rings. The zero-order chi connectivity index (χ0) is 16.7. The number of nitrogens with zero attached hydrogens (tertiary/aromatic N) is 1. The molecule has 0 heterocycles. The smallest absolute Gasteiger partial charge is 0.336 e. The number of carboxylic acid groups (broad SMARTS) is 1. The number of methoxy groups -OCH3 is 1. The number of aromatic carboxylic acids is 1. The number of nitrogens with one attached hydrogen (secondary N) is 1. The van der Waals surface area contributed by atoms with E-state index in [0.29, 0.717) is 11.1 Å². The Morgan fingerprint density at radius 2 is 1.78 bits per heavy atom. The maximum atomic E-state index is 12.1. The first-order chi connectivity index (χ1) is 11.1. The van der Waals surface area contributed by atoms with Gasteiger partial charge in [0.15, 0.2) is 6.10 Å². The van der Waals surface area contributed by atoms with Crippen LogP contribution in [-0.4, -0.2) is 30.3 Å². The topological polar surface area (TPSA) is 88.0 Å². The molecule has 1 atom stereocenters. The Hall–Kier alpha value is -2.99. The van der Waals surface area contributed by atoms with Gasteiger partial charge in [0, 0.05) is 12.7 Å². The van der Waals surface area contributed by atoms with E-state index in [1.807, 2.05) is 6.07 Å². The molecule has 0 unspecified atom stereocenters. The van der Waals surface area contributed by atoms with Gasteiger partial charge in [0.2, 0.25) is 0 Å². The van der Waals surface area contributed by atoms with Crippen molar-refractivity contribution in [1.82, 2.24) is 5.43 Å². The molecule has 0 aliphatic rings. The van der Waals surface area contributed by atoms with Crippen LogP contribution in [0.4, 0.5) is 0 Å². The summed E-state index contributed by atoms with van der Waals surface area (Å²) >= 11 is 0. The Labute approximate surface area is 133 Å². The predicted molar refractivity (Wildman–Crippen MR) is 85.3 cm³/mol. The van der Waals surface area contributed by atoms with Crippen molar-refractivity contribution in [2.24, 2.45) is 5.10 Å². The number of benzene rings is 2. The number of rotatable bonds is 6. The third-order valence-electron chi connectivity index (χ3n) is 3.15. The first-order valence-electron chi connectivity index (χ1n) is 6.86. The highest BCUT2D eigenvalue weighted by atomic mass is 16.5.